The molecule has 2 heterocycles. The summed E-state index contributed by atoms with van der Waals surface area (Å²) in [5.74, 6) is 0.374. The predicted octanol–water partition coefficient (Wildman–Crippen LogP) is 1.61. The van der Waals surface area contributed by atoms with Crippen LogP contribution in [0, 0.1) is 0 Å². The van der Waals surface area contributed by atoms with Crippen molar-refractivity contribution in [2.24, 2.45) is 9.98 Å². The van der Waals surface area contributed by atoms with Crippen molar-refractivity contribution in [2.75, 3.05) is 7.11 Å². The molecule has 0 saturated carbocycles. The molecule has 0 radical (unpaired) electrons. The van der Waals surface area contributed by atoms with Crippen LogP contribution >= 0.6 is 0 Å². The van der Waals surface area contributed by atoms with E-state index < -0.39 is 12.1 Å². The lowest BCUT2D eigenvalue weighted by Crippen LogP contribution is -2.48. The van der Waals surface area contributed by atoms with Gasteiger partial charge in [-0.1, -0.05) is 12.1 Å². The number of urea groups is 1. The third-order valence-electron chi connectivity index (χ3n) is 3.32. The SMILES string of the molecule is COc1ccc(CN2C(=O)N=C3C=CC=NC3C2=O)cc1. The Morgan fingerprint density at radius 3 is 2.71 bits per heavy atom. The normalized spacial score (nSPS) is 20.3. The minimum absolute atomic E-state index is 0.175. The van der Waals surface area contributed by atoms with Gasteiger partial charge in [-0.25, -0.2) is 4.79 Å². The fourth-order valence-corrected chi connectivity index (χ4v) is 2.21. The second-order valence-corrected chi connectivity index (χ2v) is 4.65. The number of nitrogens with zero attached hydrogens (tertiary/aromatic N) is 3. The van der Waals surface area contributed by atoms with Crippen molar-refractivity contribution in [1.29, 1.82) is 0 Å². The molecule has 1 aromatic carbocycles. The van der Waals surface area contributed by atoms with Crippen LogP contribution in [0.25, 0.3) is 0 Å². The van der Waals surface area contributed by atoms with Gasteiger partial charge in [0.25, 0.3) is 5.91 Å². The smallest absolute Gasteiger partial charge is 0.350 e. The first kappa shape index (κ1) is 13.2. The zero-order valence-corrected chi connectivity index (χ0v) is 11.4. The van der Waals surface area contributed by atoms with Crippen molar-refractivity contribution in [2.45, 2.75) is 12.6 Å². The van der Waals surface area contributed by atoms with E-state index in [0.29, 0.717) is 5.71 Å². The largest absolute Gasteiger partial charge is 0.497 e. The van der Waals surface area contributed by atoms with Gasteiger partial charge in [0.2, 0.25) is 0 Å². The standard InChI is InChI=1S/C15H13N3O3/c1-21-11-6-4-10(5-7-11)9-18-14(19)13-12(17-15(18)20)3-2-8-16-13/h2-8,13H,9H2,1H3. The van der Waals surface area contributed by atoms with Gasteiger partial charge in [0.15, 0.2) is 6.04 Å². The first-order valence-electron chi connectivity index (χ1n) is 6.46. The van der Waals surface area contributed by atoms with E-state index >= 15 is 0 Å². The Hall–Kier alpha value is -2.76. The number of carbonyl (C=O) groups excluding carboxylic acids is 2. The van der Waals surface area contributed by atoms with Gasteiger partial charge < -0.3 is 4.74 Å². The van der Waals surface area contributed by atoms with Crippen LogP contribution in [0.5, 0.6) is 5.75 Å². The summed E-state index contributed by atoms with van der Waals surface area (Å²) in [7, 11) is 1.58. The number of allylic oxidation sites excluding steroid dienone is 1. The first-order valence-corrected chi connectivity index (χ1v) is 6.46. The zero-order chi connectivity index (χ0) is 14.8. The van der Waals surface area contributed by atoms with Crippen LogP contribution in [0.2, 0.25) is 0 Å². The van der Waals surface area contributed by atoms with Crippen molar-refractivity contribution in [3.8, 4) is 5.75 Å². The van der Waals surface area contributed by atoms with E-state index in [1.807, 2.05) is 12.1 Å². The van der Waals surface area contributed by atoms with Gasteiger partial charge in [-0.3, -0.25) is 14.7 Å². The fourth-order valence-electron chi connectivity index (χ4n) is 2.21. The van der Waals surface area contributed by atoms with Gasteiger partial charge in [-0.05, 0) is 29.8 Å². The molecule has 6 heteroatoms. The molecule has 2 aliphatic heterocycles. The molecule has 0 bridgehead atoms. The van der Waals surface area contributed by atoms with Crippen LogP contribution < -0.4 is 4.74 Å². The molecule has 1 atom stereocenters. The van der Waals surface area contributed by atoms with Gasteiger partial charge in [0, 0.05) is 6.21 Å². The molecule has 6 nitrogen and oxygen atoms in total. The monoisotopic (exact) mass is 283 g/mol. The molecule has 21 heavy (non-hydrogen) atoms. The molecule has 0 aromatic heterocycles. The molecule has 3 rings (SSSR count). The number of fused-ring (bicyclic) bond motifs is 1. The number of ether oxygens (including phenoxy) is 1. The Kier molecular flexibility index (Phi) is 3.35. The number of benzene rings is 1. The Morgan fingerprint density at radius 1 is 1.24 bits per heavy atom. The Balaban J connectivity index is 1.83. The molecule has 2 aliphatic rings. The summed E-state index contributed by atoms with van der Waals surface area (Å²) in [6.07, 6.45) is 4.84. The van der Waals surface area contributed by atoms with Crippen molar-refractivity contribution < 1.29 is 14.3 Å². The van der Waals surface area contributed by atoms with E-state index in [-0.39, 0.29) is 12.5 Å². The van der Waals surface area contributed by atoms with Crippen LogP contribution in [0.15, 0.2) is 46.4 Å². The molecule has 1 aromatic rings. The number of aliphatic imine (C=N–C) groups is 2. The Morgan fingerprint density at radius 2 is 2.00 bits per heavy atom. The Labute approximate surface area is 121 Å². The highest BCUT2D eigenvalue weighted by molar-refractivity contribution is 6.24. The maximum atomic E-state index is 12.3. The highest BCUT2D eigenvalue weighted by Crippen LogP contribution is 2.18. The molecule has 0 aliphatic carbocycles. The molecule has 0 spiro atoms. The van der Waals surface area contributed by atoms with E-state index in [0.717, 1.165) is 16.2 Å². The summed E-state index contributed by atoms with van der Waals surface area (Å²) in [6, 6.07) is 5.93. The van der Waals surface area contributed by atoms with Gasteiger partial charge in [-0.2, -0.15) is 4.99 Å². The van der Waals surface area contributed by atoms with Crippen molar-refractivity contribution >= 4 is 23.9 Å². The van der Waals surface area contributed by atoms with Crippen LogP contribution in [0.1, 0.15) is 5.56 Å². The molecule has 0 saturated heterocycles. The molecule has 3 amide bonds. The van der Waals surface area contributed by atoms with Gasteiger partial charge in [-0.15, -0.1) is 0 Å². The van der Waals surface area contributed by atoms with Crippen LogP contribution in [-0.4, -0.2) is 41.9 Å². The summed E-state index contributed by atoms with van der Waals surface area (Å²) in [4.78, 5) is 33.5. The number of hydrogen-bond acceptors (Lipinski definition) is 4. The number of dihydropyridines is 1. The fraction of sp³-hybridized carbons (Fsp3) is 0.200. The summed E-state index contributed by atoms with van der Waals surface area (Å²) in [5, 5.41) is 0. The van der Waals surface area contributed by atoms with Crippen LogP contribution in [0.3, 0.4) is 0 Å². The van der Waals surface area contributed by atoms with E-state index in [2.05, 4.69) is 9.98 Å². The van der Waals surface area contributed by atoms with Crippen molar-refractivity contribution in [3.63, 3.8) is 0 Å². The maximum absolute atomic E-state index is 12.3. The van der Waals surface area contributed by atoms with Gasteiger partial charge in [0.1, 0.15) is 5.75 Å². The summed E-state index contributed by atoms with van der Waals surface area (Å²) < 4.78 is 5.08. The number of imide groups is 1. The third-order valence-corrected chi connectivity index (χ3v) is 3.32. The Bertz CT molecular complexity index is 674. The zero-order valence-electron chi connectivity index (χ0n) is 11.4. The average molecular weight is 283 g/mol. The van der Waals surface area contributed by atoms with E-state index in [1.165, 1.54) is 0 Å². The number of hydrogen-bond donors (Lipinski definition) is 0. The third kappa shape index (κ3) is 2.47. The molecule has 0 fully saturated rings. The second-order valence-electron chi connectivity index (χ2n) is 4.65. The highest BCUT2D eigenvalue weighted by Gasteiger charge is 2.36. The second kappa shape index (κ2) is 5.32. The maximum Gasteiger partial charge on any atom is 0.350 e. The summed E-state index contributed by atoms with van der Waals surface area (Å²) in [5.41, 5.74) is 1.23. The molecule has 106 valence electrons. The van der Waals surface area contributed by atoms with E-state index in [9.17, 15) is 9.59 Å². The number of carbonyl (C=O) groups is 2. The summed E-state index contributed by atoms with van der Waals surface area (Å²) in [6.45, 7) is 0.175. The number of amides is 3. The minimum Gasteiger partial charge on any atom is -0.497 e. The minimum atomic E-state index is -0.703. The molecular weight excluding hydrogens is 270 g/mol. The first-order chi connectivity index (χ1) is 10.2. The summed E-state index contributed by atoms with van der Waals surface area (Å²) >= 11 is 0. The lowest BCUT2D eigenvalue weighted by Gasteiger charge is -2.27. The average Bonchev–Trinajstić information content (AvgIpc) is 2.52. The lowest BCUT2D eigenvalue weighted by molar-refractivity contribution is -0.128. The lowest BCUT2D eigenvalue weighted by atomic mass is 10.1. The predicted molar refractivity (Wildman–Crippen MR) is 77.8 cm³/mol. The number of rotatable bonds is 3. The molecular formula is C15H13N3O3. The van der Waals surface area contributed by atoms with E-state index in [4.69, 9.17) is 4.74 Å². The van der Waals surface area contributed by atoms with Gasteiger partial charge in [0.05, 0.1) is 19.4 Å². The van der Waals surface area contributed by atoms with E-state index in [1.54, 1.807) is 37.6 Å². The number of methoxy groups -OCH3 is 1. The molecule has 0 N–H and O–H groups in total. The van der Waals surface area contributed by atoms with Crippen molar-refractivity contribution in [1.82, 2.24) is 4.90 Å². The van der Waals surface area contributed by atoms with Crippen molar-refractivity contribution in [3.05, 3.63) is 42.0 Å². The topological polar surface area (TPSA) is 71.3 Å². The van der Waals surface area contributed by atoms with Gasteiger partial charge >= 0.3 is 6.03 Å². The highest BCUT2D eigenvalue weighted by atomic mass is 16.5. The quantitative estimate of drug-likeness (QED) is 0.846. The van der Waals surface area contributed by atoms with Crippen LogP contribution in [-0.2, 0) is 11.3 Å². The molecule has 1 unspecified atom stereocenters. The van der Waals surface area contributed by atoms with Crippen LogP contribution in [0.4, 0.5) is 4.79 Å².